The van der Waals surface area contributed by atoms with E-state index >= 15 is 0 Å². The van der Waals surface area contributed by atoms with Crippen LogP contribution in [0.2, 0.25) is 0 Å². The molecule has 2 aromatic carbocycles. The van der Waals surface area contributed by atoms with E-state index in [1.165, 1.54) is 0 Å². The van der Waals surface area contributed by atoms with Gasteiger partial charge in [0, 0.05) is 7.05 Å². The number of nitrogens with zero attached hydrogens (tertiary/aromatic N) is 2. The third kappa shape index (κ3) is 2.82. The van der Waals surface area contributed by atoms with Gasteiger partial charge in [-0.1, -0.05) is 42.5 Å². The molecular weight excluding hydrogens is 316 g/mol. The summed E-state index contributed by atoms with van der Waals surface area (Å²) >= 11 is 0. The van der Waals surface area contributed by atoms with E-state index in [2.05, 4.69) is 0 Å². The van der Waals surface area contributed by atoms with Crippen molar-refractivity contribution in [3.8, 4) is 0 Å². The monoisotopic (exact) mass is 336 g/mol. The number of carbonyl (C=O) groups excluding carboxylic acids is 3. The van der Waals surface area contributed by atoms with Crippen molar-refractivity contribution in [3.05, 3.63) is 71.3 Å². The minimum atomic E-state index is -0.858. The number of fused-ring (bicyclic) bond motifs is 1. The summed E-state index contributed by atoms with van der Waals surface area (Å²) in [6.07, 6.45) is 0. The zero-order valence-electron chi connectivity index (χ0n) is 14.5. The third-order valence-corrected chi connectivity index (χ3v) is 4.78. The highest BCUT2D eigenvalue weighted by Crippen LogP contribution is 2.26. The molecule has 5 heteroatoms. The Hall–Kier alpha value is -2.95. The molecule has 5 nitrogen and oxygen atoms in total. The first-order chi connectivity index (χ1) is 11.9. The van der Waals surface area contributed by atoms with Gasteiger partial charge in [0.25, 0.3) is 11.8 Å². The van der Waals surface area contributed by atoms with Crippen molar-refractivity contribution in [2.24, 2.45) is 0 Å². The second-order valence-corrected chi connectivity index (χ2v) is 6.24. The largest absolute Gasteiger partial charge is 0.337 e. The van der Waals surface area contributed by atoms with Crippen LogP contribution in [-0.4, -0.2) is 40.6 Å². The topological polar surface area (TPSA) is 57.7 Å². The number of likely N-dealkylation sites (N-methyl/N-ethyl adjacent to an activating group) is 1. The second kappa shape index (κ2) is 6.51. The van der Waals surface area contributed by atoms with Gasteiger partial charge in [0.1, 0.15) is 6.04 Å². The molecule has 0 N–H and O–H groups in total. The van der Waals surface area contributed by atoms with Crippen LogP contribution < -0.4 is 0 Å². The second-order valence-electron chi connectivity index (χ2n) is 6.24. The number of hydrogen-bond acceptors (Lipinski definition) is 3. The van der Waals surface area contributed by atoms with Gasteiger partial charge in [0.05, 0.1) is 17.2 Å². The lowest BCUT2D eigenvalue weighted by Gasteiger charge is -2.31. The fourth-order valence-electron chi connectivity index (χ4n) is 3.11. The van der Waals surface area contributed by atoms with Crippen molar-refractivity contribution in [1.82, 2.24) is 9.80 Å². The highest BCUT2D eigenvalue weighted by atomic mass is 16.2. The van der Waals surface area contributed by atoms with Crippen LogP contribution in [0.5, 0.6) is 0 Å². The van der Waals surface area contributed by atoms with E-state index in [9.17, 15) is 14.4 Å². The zero-order chi connectivity index (χ0) is 18.1. The summed E-state index contributed by atoms with van der Waals surface area (Å²) in [7, 11) is 1.69. The first-order valence-electron chi connectivity index (χ1n) is 8.22. The van der Waals surface area contributed by atoms with Crippen LogP contribution >= 0.6 is 0 Å². The molecule has 0 aliphatic carbocycles. The maximum absolute atomic E-state index is 12.9. The van der Waals surface area contributed by atoms with E-state index in [0.717, 1.165) is 10.5 Å². The number of imide groups is 1. The van der Waals surface area contributed by atoms with Crippen molar-refractivity contribution in [2.75, 3.05) is 7.05 Å². The van der Waals surface area contributed by atoms with E-state index in [4.69, 9.17) is 0 Å². The van der Waals surface area contributed by atoms with E-state index in [1.807, 2.05) is 37.3 Å². The molecule has 3 rings (SSSR count). The van der Waals surface area contributed by atoms with Crippen molar-refractivity contribution in [2.45, 2.75) is 25.9 Å². The standard InChI is InChI=1S/C20H20N2O3/c1-13(15-9-5-4-6-10-15)21(3)18(23)14(2)22-19(24)16-11-7-8-12-17(16)20(22)25/h4-14H,1-3H3. The van der Waals surface area contributed by atoms with Crippen LogP contribution in [0.25, 0.3) is 0 Å². The Labute approximate surface area is 146 Å². The van der Waals surface area contributed by atoms with Crippen LogP contribution in [0.1, 0.15) is 46.2 Å². The molecule has 2 atom stereocenters. The minimum Gasteiger partial charge on any atom is -0.337 e. The zero-order valence-corrected chi connectivity index (χ0v) is 14.5. The molecule has 0 saturated heterocycles. The summed E-state index contributed by atoms with van der Waals surface area (Å²) in [5.41, 5.74) is 1.70. The molecule has 0 saturated carbocycles. The van der Waals surface area contributed by atoms with Gasteiger partial charge in [-0.2, -0.15) is 0 Å². The van der Waals surface area contributed by atoms with Crippen LogP contribution in [0.4, 0.5) is 0 Å². The van der Waals surface area contributed by atoms with E-state index < -0.39 is 17.9 Å². The van der Waals surface area contributed by atoms with E-state index in [-0.39, 0.29) is 11.9 Å². The van der Waals surface area contributed by atoms with Gasteiger partial charge in [-0.3, -0.25) is 19.3 Å². The molecule has 1 heterocycles. The molecule has 0 spiro atoms. The Morgan fingerprint density at radius 2 is 1.36 bits per heavy atom. The van der Waals surface area contributed by atoms with Gasteiger partial charge in [-0.05, 0) is 31.5 Å². The summed E-state index contributed by atoms with van der Waals surface area (Å²) in [6.45, 7) is 3.51. The lowest BCUT2D eigenvalue weighted by atomic mass is 10.1. The fourth-order valence-corrected chi connectivity index (χ4v) is 3.11. The van der Waals surface area contributed by atoms with Crippen molar-refractivity contribution in [1.29, 1.82) is 0 Å². The molecular formula is C20H20N2O3. The average molecular weight is 336 g/mol. The lowest BCUT2D eigenvalue weighted by Crippen LogP contribution is -2.48. The van der Waals surface area contributed by atoms with Gasteiger partial charge in [-0.25, -0.2) is 0 Å². The van der Waals surface area contributed by atoms with Gasteiger partial charge in [0.15, 0.2) is 0 Å². The Morgan fingerprint density at radius 1 is 0.880 bits per heavy atom. The molecule has 0 radical (unpaired) electrons. The number of hydrogen-bond donors (Lipinski definition) is 0. The summed E-state index contributed by atoms with van der Waals surface area (Å²) in [5, 5.41) is 0. The summed E-state index contributed by atoms with van der Waals surface area (Å²) in [5.74, 6) is -1.10. The molecule has 25 heavy (non-hydrogen) atoms. The highest BCUT2D eigenvalue weighted by molar-refractivity contribution is 6.22. The fraction of sp³-hybridized carbons (Fsp3) is 0.250. The molecule has 0 aromatic heterocycles. The molecule has 1 aliphatic rings. The summed E-state index contributed by atoms with van der Waals surface area (Å²) in [6, 6.07) is 15.3. The maximum Gasteiger partial charge on any atom is 0.262 e. The first kappa shape index (κ1) is 16.9. The van der Waals surface area contributed by atoms with E-state index in [1.54, 1.807) is 43.1 Å². The highest BCUT2D eigenvalue weighted by Gasteiger charge is 2.41. The number of carbonyl (C=O) groups is 3. The summed E-state index contributed by atoms with van der Waals surface area (Å²) in [4.78, 5) is 40.6. The lowest BCUT2D eigenvalue weighted by molar-refractivity contribution is -0.135. The number of amides is 3. The molecule has 128 valence electrons. The Balaban J connectivity index is 1.81. The minimum absolute atomic E-state index is 0.161. The number of benzene rings is 2. The predicted octanol–water partition coefficient (Wildman–Crippen LogP) is 2.89. The molecule has 0 bridgehead atoms. The Kier molecular flexibility index (Phi) is 4.40. The smallest absolute Gasteiger partial charge is 0.262 e. The quantitative estimate of drug-likeness (QED) is 0.807. The summed E-state index contributed by atoms with van der Waals surface area (Å²) < 4.78 is 0. The average Bonchev–Trinajstić information content (AvgIpc) is 2.91. The van der Waals surface area contributed by atoms with Gasteiger partial charge >= 0.3 is 0 Å². The Bertz CT molecular complexity index is 797. The van der Waals surface area contributed by atoms with Gasteiger partial charge < -0.3 is 4.90 Å². The van der Waals surface area contributed by atoms with Crippen LogP contribution in [0.15, 0.2) is 54.6 Å². The van der Waals surface area contributed by atoms with Gasteiger partial charge in [0.2, 0.25) is 5.91 Å². The molecule has 2 unspecified atom stereocenters. The van der Waals surface area contributed by atoms with Crippen molar-refractivity contribution in [3.63, 3.8) is 0 Å². The van der Waals surface area contributed by atoms with Crippen LogP contribution in [-0.2, 0) is 4.79 Å². The maximum atomic E-state index is 12.9. The van der Waals surface area contributed by atoms with Gasteiger partial charge in [-0.15, -0.1) is 0 Å². The van der Waals surface area contributed by atoms with Crippen molar-refractivity contribution < 1.29 is 14.4 Å². The molecule has 3 amide bonds. The first-order valence-corrected chi connectivity index (χ1v) is 8.22. The van der Waals surface area contributed by atoms with Crippen LogP contribution in [0.3, 0.4) is 0 Å². The molecule has 0 fully saturated rings. The van der Waals surface area contributed by atoms with Crippen LogP contribution in [0, 0.1) is 0 Å². The molecule has 1 aliphatic heterocycles. The number of rotatable bonds is 4. The normalized spacial score (nSPS) is 15.7. The van der Waals surface area contributed by atoms with Crippen molar-refractivity contribution >= 4 is 17.7 Å². The molecule has 2 aromatic rings. The predicted molar refractivity (Wildman–Crippen MR) is 94.0 cm³/mol. The SMILES string of the molecule is CC(c1ccccc1)N(C)C(=O)C(C)N1C(=O)c2ccccc2C1=O. The van der Waals surface area contributed by atoms with E-state index in [0.29, 0.717) is 11.1 Å². The third-order valence-electron chi connectivity index (χ3n) is 4.78. The Morgan fingerprint density at radius 3 is 1.88 bits per heavy atom.